The number of nitrogens with one attached hydrogen (secondary N) is 1. The van der Waals surface area contributed by atoms with Gasteiger partial charge < -0.3 is 14.2 Å². The summed E-state index contributed by atoms with van der Waals surface area (Å²) in [6.45, 7) is 2.82. The molecule has 4 heterocycles. The van der Waals surface area contributed by atoms with Gasteiger partial charge in [0.2, 0.25) is 5.95 Å². The standard InChI is InChI=1S/C22H21N7O2/c1-28-14-23-13-19(28)15-2-3-17-12-25-22(26-18(17)10-15)27-21(30)16-4-5-24-20(11-16)29-6-8-31-9-7-29/h2-5,10-14H,6-9H2,1H3,(H,25,26,27,30). The van der Waals surface area contributed by atoms with Crippen LogP contribution in [0.25, 0.3) is 22.2 Å². The molecule has 0 saturated carbocycles. The van der Waals surface area contributed by atoms with Crippen LogP contribution in [-0.4, -0.2) is 56.7 Å². The zero-order valence-corrected chi connectivity index (χ0v) is 17.0. The van der Waals surface area contributed by atoms with Crippen LogP contribution in [-0.2, 0) is 11.8 Å². The molecule has 1 amide bonds. The van der Waals surface area contributed by atoms with Crippen molar-refractivity contribution in [3.63, 3.8) is 0 Å². The van der Waals surface area contributed by atoms with Gasteiger partial charge >= 0.3 is 0 Å². The molecule has 0 aliphatic carbocycles. The molecule has 0 atom stereocenters. The smallest absolute Gasteiger partial charge is 0.258 e. The van der Waals surface area contributed by atoms with E-state index in [0.717, 1.165) is 41.1 Å². The third-order valence-electron chi connectivity index (χ3n) is 5.26. The molecular formula is C22H21N7O2. The molecule has 1 aliphatic rings. The fourth-order valence-corrected chi connectivity index (χ4v) is 3.58. The van der Waals surface area contributed by atoms with E-state index in [2.05, 4.69) is 30.2 Å². The van der Waals surface area contributed by atoms with Gasteiger partial charge in [-0.3, -0.25) is 10.1 Å². The zero-order chi connectivity index (χ0) is 21.2. The predicted octanol–water partition coefficient (Wildman–Crippen LogP) is 2.51. The molecule has 31 heavy (non-hydrogen) atoms. The lowest BCUT2D eigenvalue weighted by molar-refractivity contribution is 0.102. The molecule has 5 rings (SSSR count). The molecule has 156 valence electrons. The van der Waals surface area contributed by atoms with E-state index in [-0.39, 0.29) is 11.9 Å². The second-order valence-electron chi connectivity index (χ2n) is 7.31. The average molecular weight is 415 g/mol. The summed E-state index contributed by atoms with van der Waals surface area (Å²) in [5.74, 6) is 0.736. The number of aryl methyl sites for hydroxylation is 1. The molecule has 1 aromatic carbocycles. The summed E-state index contributed by atoms with van der Waals surface area (Å²) in [6, 6.07) is 9.39. The second-order valence-corrected chi connectivity index (χ2v) is 7.31. The van der Waals surface area contributed by atoms with Crippen molar-refractivity contribution < 1.29 is 9.53 Å². The van der Waals surface area contributed by atoms with Crippen LogP contribution >= 0.6 is 0 Å². The van der Waals surface area contributed by atoms with Crippen LogP contribution in [0.1, 0.15) is 10.4 Å². The van der Waals surface area contributed by atoms with Gasteiger partial charge in [-0.05, 0) is 18.2 Å². The average Bonchev–Trinajstić information content (AvgIpc) is 3.25. The minimum Gasteiger partial charge on any atom is -0.378 e. The molecule has 0 radical (unpaired) electrons. The number of ether oxygens (including phenoxy) is 1. The third-order valence-corrected chi connectivity index (χ3v) is 5.26. The summed E-state index contributed by atoms with van der Waals surface area (Å²) in [5, 5.41) is 3.69. The van der Waals surface area contributed by atoms with Gasteiger partial charge in [-0.2, -0.15) is 0 Å². The van der Waals surface area contributed by atoms with Crippen molar-refractivity contribution in [1.29, 1.82) is 0 Å². The van der Waals surface area contributed by atoms with Crippen LogP contribution in [0.4, 0.5) is 11.8 Å². The highest BCUT2D eigenvalue weighted by Gasteiger charge is 2.15. The SMILES string of the molecule is Cn1cncc1-c1ccc2cnc(NC(=O)c3ccnc(N4CCOCC4)c3)nc2c1. The Kier molecular flexibility index (Phi) is 5.01. The normalized spacial score (nSPS) is 14.0. The summed E-state index contributed by atoms with van der Waals surface area (Å²) in [7, 11) is 1.94. The van der Waals surface area contributed by atoms with E-state index in [1.165, 1.54) is 0 Å². The Bertz CT molecular complexity index is 1250. The first-order valence-corrected chi connectivity index (χ1v) is 10.0. The largest absolute Gasteiger partial charge is 0.378 e. The summed E-state index contributed by atoms with van der Waals surface area (Å²) in [6.07, 6.45) is 6.91. The summed E-state index contributed by atoms with van der Waals surface area (Å²) >= 11 is 0. The number of morpholine rings is 1. The monoisotopic (exact) mass is 415 g/mol. The number of fused-ring (bicyclic) bond motifs is 1. The molecule has 1 N–H and O–H groups in total. The summed E-state index contributed by atoms with van der Waals surface area (Å²) in [5.41, 5.74) is 3.22. The summed E-state index contributed by atoms with van der Waals surface area (Å²) in [4.78, 5) is 32.3. The Morgan fingerprint density at radius 2 is 1.97 bits per heavy atom. The van der Waals surface area contributed by atoms with Crippen LogP contribution in [0.5, 0.6) is 0 Å². The fraction of sp³-hybridized carbons (Fsp3) is 0.227. The Morgan fingerprint density at radius 3 is 2.77 bits per heavy atom. The molecular weight excluding hydrogens is 394 g/mol. The van der Waals surface area contributed by atoms with Gasteiger partial charge in [0.05, 0.1) is 36.9 Å². The number of carbonyl (C=O) groups is 1. The summed E-state index contributed by atoms with van der Waals surface area (Å²) < 4.78 is 7.33. The van der Waals surface area contributed by atoms with Gasteiger partial charge in [-0.15, -0.1) is 0 Å². The quantitative estimate of drug-likeness (QED) is 0.547. The van der Waals surface area contributed by atoms with Gasteiger partial charge in [-0.25, -0.2) is 19.9 Å². The molecule has 4 aromatic rings. The number of hydrogen-bond donors (Lipinski definition) is 1. The van der Waals surface area contributed by atoms with E-state index in [9.17, 15) is 4.79 Å². The zero-order valence-electron chi connectivity index (χ0n) is 17.0. The maximum atomic E-state index is 12.8. The first-order valence-electron chi connectivity index (χ1n) is 10.0. The van der Waals surface area contributed by atoms with Crippen LogP contribution in [0.15, 0.2) is 55.2 Å². The van der Waals surface area contributed by atoms with Crippen LogP contribution in [0.3, 0.4) is 0 Å². The molecule has 1 fully saturated rings. The molecule has 0 spiro atoms. The highest BCUT2D eigenvalue weighted by Crippen LogP contribution is 2.23. The lowest BCUT2D eigenvalue weighted by Gasteiger charge is -2.27. The number of hydrogen-bond acceptors (Lipinski definition) is 7. The van der Waals surface area contributed by atoms with Crippen molar-refractivity contribution in [2.45, 2.75) is 0 Å². The van der Waals surface area contributed by atoms with Gasteiger partial charge in [0, 0.05) is 49.0 Å². The number of carbonyl (C=O) groups excluding carboxylic acids is 1. The van der Waals surface area contributed by atoms with Crippen LogP contribution < -0.4 is 10.2 Å². The van der Waals surface area contributed by atoms with Crippen LogP contribution in [0.2, 0.25) is 0 Å². The maximum Gasteiger partial charge on any atom is 0.258 e. The highest BCUT2D eigenvalue weighted by molar-refractivity contribution is 6.04. The van der Waals surface area contributed by atoms with Gasteiger partial charge in [-0.1, -0.05) is 12.1 Å². The molecule has 9 heteroatoms. The second kappa shape index (κ2) is 8.11. The van der Waals surface area contributed by atoms with Crippen molar-refractivity contribution in [2.75, 3.05) is 36.5 Å². The van der Waals surface area contributed by atoms with E-state index >= 15 is 0 Å². The fourth-order valence-electron chi connectivity index (χ4n) is 3.58. The Hall–Kier alpha value is -3.85. The van der Waals surface area contributed by atoms with E-state index < -0.39 is 0 Å². The maximum absolute atomic E-state index is 12.8. The van der Waals surface area contributed by atoms with Crippen molar-refractivity contribution in [3.8, 4) is 11.3 Å². The lowest BCUT2D eigenvalue weighted by atomic mass is 10.1. The molecule has 1 saturated heterocycles. The molecule has 9 nitrogen and oxygen atoms in total. The minimum atomic E-state index is -0.279. The van der Waals surface area contributed by atoms with E-state index in [1.54, 1.807) is 37.1 Å². The third kappa shape index (κ3) is 3.95. The minimum absolute atomic E-state index is 0.254. The van der Waals surface area contributed by atoms with E-state index in [1.807, 2.05) is 29.8 Å². The Morgan fingerprint density at radius 1 is 1.10 bits per heavy atom. The van der Waals surface area contributed by atoms with E-state index in [4.69, 9.17) is 4.74 Å². The number of anilines is 2. The molecule has 3 aromatic heterocycles. The number of imidazole rings is 1. The number of rotatable bonds is 4. The molecule has 1 aliphatic heterocycles. The number of pyridine rings is 1. The first kappa shape index (κ1) is 19.1. The Balaban J connectivity index is 1.38. The first-order chi connectivity index (χ1) is 15.2. The molecule has 0 bridgehead atoms. The highest BCUT2D eigenvalue weighted by atomic mass is 16.5. The lowest BCUT2D eigenvalue weighted by Crippen LogP contribution is -2.36. The topological polar surface area (TPSA) is 98.1 Å². The predicted molar refractivity (Wildman–Crippen MR) is 117 cm³/mol. The van der Waals surface area contributed by atoms with E-state index in [0.29, 0.717) is 18.8 Å². The van der Waals surface area contributed by atoms with Crippen molar-refractivity contribution in [2.24, 2.45) is 7.05 Å². The van der Waals surface area contributed by atoms with Gasteiger partial charge in [0.1, 0.15) is 5.82 Å². The van der Waals surface area contributed by atoms with Crippen molar-refractivity contribution in [1.82, 2.24) is 24.5 Å². The molecule has 0 unspecified atom stereocenters. The number of nitrogens with zero attached hydrogens (tertiary/aromatic N) is 6. The number of amides is 1. The van der Waals surface area contributed by atoms with Crippen LogP contribution in [0, 0.1) is 0 Å². The number of benzene rings is 1. The Labute approximate surface area is 178 Å². The van der Waals surface area contributed by atoms with Gasteiger partial charge in [0.25, 0.3) is 5.91 Å². The van der Waals surface area contributed by atoms with Gasteiger partial charge in [0.15, 0.2) is 0 Å². The number of aromatic nitrogens is 5. The van der Waals surface area contributed by atoms with Crippen molar-refractivity contribution >= 4 is 28.6 Å². The van der Waals surface area contributed by atoms with Crippen molar-refractivity contribution in [3.05, 3.63) is 60.8 Å².